The van der Waals surface area contributed by atoms with Crippen LogP contribution in [0.2, 0.25) is 0 Å². The van der Waals surface area contributed by atoms with E-state index in [0.29, 0.717) is 12.3 Å². The molecule has 1 saturated carbocycles. The monoisotopic (exact) mass is 368 g/mol. The van der Waals surface area contributed by atoms with Crippen LogP contribution >= 0.6 is 0 Å². The quantitative estimate of drug-likeness (QED) is 0.792. The zero-order valence-corrected chi connectivity index (χ0v) is 15.4. The molecular weight excluding hydrogens is 344 g/mol. The standard InChI is InChI=1S/C20H24N4O3/c1-2-27-19(26)16-7-12-24(23-16)17-6-4-3-5-15(17)22-18(25)14-13-20(14)8-10-21-11-9-20/h3-7,12,14,21H,2,8-11,13H2,1H3,(H,22,25). The van der Waals surface area contributed by atoms with Crippen LogP contribution in [0.1, 0.15) is 36.7 Å². The third kappa shape index (κ3) is 3.47. The van der Waals surface area contributed by atoms with Gasteiger partial charge in [0.2, 0.25) is 5.91 Å². The molecule has 2 heterocycles. The van der Waals surface area contributed by atoms with Crippen LogP contribution in [0.25, 0.3) is 5.69 Å². The molecule has 0 radical (unpaired) electrons. The van der Waals surface area contributed by atoms with Gasteiger partial charge in [-0.3, -0.25) is 4.79 Å². The van der Waals surface area contributed by atoms with Crippen molar-refractivity contribution in [1.29, 1.82) is 0 Å². The van der Waals surface area contributed by atoms with Gasteiger partial charge in [-0.1, -0.05) is 12.1 Å². The molecule has 1 aliphatic heterocycles. The van der Waals surface area contributed by atoms with E-state index < -0.39 is 5.97 Å². The van der Waals surface area contributed by atoms with Gasteiger partial charge in [0.15, 0.2) is 5.69 Å². The van der Waals surface area contributed by atoms with Crippen molar-refractivity contribution in [3.63, 3.8) is 0 Å². The summed E-state index contributed by atoms with van der Waals surface area (Å²) in [5.41, 5.74) is 1.85. The molecule has 27 heavy (non-hydrogen) atoms. The molecule has 7 heteroatoms. The number of piperidine rings is 1. The number of benzene rings is 1. The Morgan fingerprint density at radius 3 is 2.85 bits per heavy atom. The second-order valence-corrected chi connectivity index (χ2v) is 7.24. The summed E-state index contributed by atoms with van der Waals surface area (Å²) < 4.78 is 6.58. The zero-order valence-electron chi connectivity index (χ0n) is 15.4. The van der Waals surface area contributed by atoms with E-state index in [1.54, 1.807) is 23.9 Å². The van der Waals surface area contributed by atoms with Gasteiger partial charge in [0.1, 0.15) is 0 Å². The average molecular weight is 368 g/mol. The average Bonchev–Trinajstić information content (AvgIpc) is 3.15. The number of para-hydroxylation sites is 2. The van der Waals surface area contributed by atoms with Gasteiger partial charge >= 0.3 is 5.97 Å². The molecule has 1 aromatic carbocycles. The van der Waals surface area contributed by atoms with E-state index in [0.717, 1.165) is 38.0 Å². The lowest BCUT2D eigenvalue weighted by Crippen LogP contribution is -2.31. The van der Waals surface area contributed by atoms with Gasteiger partial charge in [-0.2, -0.15) is 5.10 Å². The summed E-state index contributed by atoms with van der Waals surface area (Å²) in [5.74, 6) is -0.300. The van der Waals surface area contributed by atoms with E-state index in [1.807, 2.05) is 24.3 Å². The van der Waals surface area contributed by atoms with Crippen LogP contribution in [0.4, 0.5) is 5.69 Å². The number of hydrogen-bond donors (Lipinski definition) is 2. The van der Waals surface area contributed by atoms with Crippen LogP contribution in [0.5, 0.6) is 0 Å². The van der Waals surface area contributed by atoms with Crippen LogP contribution < -0.4 is 10.6 Å². The Kier molecular flexibility index (Phi) is 4.70. The lowest BCUT2D eigenvalue weighted by Gasteiger charge is -2.23. The molecule has 2 aromatic rings. The number of nitrogens with zero attached hydrogens (tertiary/aromatic N) is 2. The van der Waals surface area contributed by atoms with E-state index in [2.05, 4.69) is 15.7 Å². The third-order valence-corrected chi connectivity index (χ3v) is 5.59. The number of hydrogen-bond acceptors (Lipinski definition) is 5. The van der Waals surface area contributed by atoms with E-state index in [9.17, 15) is 9.59 Å². The van der Waals surface area contributed by atoms with Crippen molar-refractivity contribution in [2.45, 2.75) is 26.2 Å². The maximum atomic E-state index is 12.8. The Bertz CT molecular complexity index is 854. The van der Waals surface area contributed by atoms with Gasteiger partial charge in [0.05, 0.1) is 18.0 Å². The minimum Gasteiger partial charge on any atom is -0.461 e. The van der Waals surface area contributed by atoms with Gasteiger partial charge < -0.3 is 15.4 Å². The summed E-state index contributed by atoms with van der Waals surface area (Å²) in [6, 6.07) is 9.09. The number of amides is 1. The Labute approximate surface area is 158 Å². The van der Waals surface area contributed by atoms with Crippen molar-refractivity contribution in [3.05, 3.63) is 42.2 Å². The number of ether oxygens (including phenoxy) is 1. The molecule has 1 aliphatic carbocycles. The first-order chi connectivity index (χ1) is 13.1. The molecule has 2 aliphatic rings. The predicted molar refractivity (Wildman–Crippen MR) is 101 cm³/mol. The molecule has 1 unspecified atom stereocenters. The Balaban J connectivity index is 1.50. The molecule has 0 bridgehead atoms. The van der Waals surface area contributed by atoms with Crippen molar-refractivity contribution in [3.8, 4) is 5.69 Å². The fraction of sp³-hybridized carbons (Fsp3) is 0.450. The highest BCUT2D eigenvalue weighted by Gasteiger charge is 2.57. The molecule has 2 fully saturated rings. The lowest BCUT2D eigenvalue weighted by molar-refractivity contribution is -0.118. The van der Waals surface area contributed by atoms with Gasteiger partial charge in [0, 0.05) is 12.1 Å². The fourth-order valence-electron chi connectivity index (χ4n) is 3.97. The third-order valence-electron chi connectivity index (χ3n) is 5.59. The highest BCUT2D eigenvalue weighted by atomic mass is 16.5. The number of aromatic nitrogens is 2. The lowest BCUT2D eigenvalue weighted by atomic mass is 9.92. The second kappa shape index (κ2) is 7.15. The van der Waals surface area contributed by atoms with Crippen LogP contribution in [-0.2, 0) is 9.53 Å². The molecule has 1 spiro atoms. The summed E-state index contributed by atoms with van der Waals surface area (Å²) in [4.78, 5) is 24.6. The number of rotatable bonds is 5. The maximum Gasteiger partial charge on any atom is 0.358 e. The number of carbonyl (C=O) groups is 2. The first-order valence-electron chi connectivity index (χ1n) is 9.47. The minimum atomic E-state index is -0.455. The van der Waals surface area contributed by atoms with Crippen molar-refractivity contribution in [2.75, 3.05) is 25.0 Å². The highest BCUT2D eigenvalue weighted by molar-refractivity contribution is 5.96. The normalized spacial score (nSPS) is 20.3. The molecule has 1 saturated heterocycles. The van der Waals surface area contributed by atoms with Gasteiger partial charge in [-0.25, -0.2) is 9.48 Å². The largest absolute Gasteiger partial charge is 0.461 e. The van der Waals surface area contributed by atoms with E-state index in [4.69, 9.17) is 4.74 Å². The maximum absolute atomic E-state index is 12.8. The molecule has 7 nitrogen and oxygen atoms in total. The topological polar surface area (TPSA) is 85.2 Å². The van der Waals surface area contributed by atoms with Crippen LogP contribution in [0, 0.1) is 11.3 Å². The second-order valence-electron chi connectivity index (χ2n) is 7.24. The van der Waals surface area contributed by atoms with Gasteiger partial charge in [-0.15, -0.1) is 0 Å². The Morgan fingerprint density at radius 2 is 2.07 bits per heavy atom. The minimum absolute atomic E-state index is 0.0714. The summed E-state index contributed by atoms with van der Waals surface area (Å²) in [6.07, 6.45) is 4.80. The van der Waals surface area contributed by atoms with Gasteiger partial charge in [0.25, 0.3) is 0 Å². The van der Waals surface area contributed by atoms with Crippen molar-refractivity contribution in [1.82, 2.24) is 15.1 Å². The van der Waals surface area contributed by atoms with E-state index in [-0.39, 0.29) is 22.9 Å². The molecule has 142 valence electrons. The van der Waals surface area contributed by atoms with E-state index in [1.165, 1.54) is 0 Å². The summed E-state index contributed by atoms with van der Waals surface area (Å²) >= 11 is 0. The SMILES string of the molecule is CCOC(=O)c1ccn(-c2ccccc2NC(=O)C2CC23CCNCC3)n1. The number of esters is 1. The van der Waals surface area contributed by atoms with Crippen molar-refractivity contribution >= 4 is 17.6 Å². The summed E-state index contributed by atoms with van der Waals surface area (Å²) in [6.45, 7) is 4.04. The molecule has 1 amide bonds. The number of nitrogens with one attached hydrogen (secondary N) is 2. The van der Waals surface area contributed by atoms with Crippen LogP contribution in [0.15, 0.2) is 36.5 Å². The van der Waals surface area contributed by atoms with Crippen LogP contribution in [-0.4, -0.2) is 41.4 Å². The van der Waals surface area contributed by atoms with Crippen molar-refractivity contribution < 1.29 is 14.3 Å². The van der Waals surface area contributed by atoms with Crippen molar-refractivity contribution in [2.24, 2.45) is 11.3 Å². The first-order valence-corrected chi connectivity index (χ1v) is 9.47. The predicted octanol–water partition coefficient (Wildman–Crippen LogP) is 2.38. The molecule has 2 N–H and O–H groups in total. The Hall–Kier alpha value is -2.67. The number of carbonyl (C=O) groups excluding carboxylic acids is 2. The molecule has 4 rings (SSSR count). The molecule has 1 atom stereocenters. The van der Waals surface area contributed by atoms with Crippen LogP contribution in [0.3, 0.4) is 0 Å². The molecule has 1 aromatic heterocycles. The number of anilines is 1. The first kappa shape index (κ1) is 17.7. The highest BCUT2D eigenvalue weighted by Crippen LogP contribution is 2.58. The Morgan fingerprint density at radius 1 is 1.30 bits per heavy atom. The summed E-state index contributed by atoms with van der Waals surface area (Å²) in [5, 5.41) is 10.7. The molecular formula is C20H24N4O3. The van der Waals surface area contributed by atoms with Gasteiger partial charge in [-0.05, 0) is 62.9 Å². The zero-order chi connectivity index (χ0) is 18.9. The summed E-state index contributed by atoms with van der Waals surface area (Å²) in [7, 11) is 0. The van der Waals surface area contributed by atoms with E-state index >= 15 is 0 Å². The fourth-order valence-corrected chi connectivity index (χ4v) is 3.97. The smallest absolute Gasteiger partial charge is 0.358 e.